The maximum atomic E-state index is 4.40. The molecule has 0 heterocycles. The van der Waals surface area contributed by atoms with Crippen molar-refractivity contribution >= 4 is 12.6 Å². The molecule has 0 nitrogen and oxygen atoms in total. The molecule has 1 rings (SSSR count). The summed E-state index contributed by atoms with van der Waals surface area (Å²) in [5, 5.41) is 0.449. The van der Waals surface area contributed by atoms with E-state index in [-0.39, 0.29) is 0 Å². The highest BCUT2D eigenvalue weighted by Gasteiger charge is 2.03. The maximum Gasteiger partial charge on any atom is 0.00290 e. The molecule has 0 aliphatic heterocycles. The summed E-state index contributed by atoms with van der Waals surface area (Å²) in [6.45, 7) is 6.46. The quantitative estimate of drug-likeness (QED) is 0.664. The molecular weight excluding hydrogens is 164 g/mol. The van der Waals surface area contributed by atoms with E-state index in [0.717, 1.165) is 6.42 Å². The first-order valence-electron chi connectivity index (χ1n) is 4.34. The van der Waals surface area contributed by atoms with Crippen LogP contribution in [-0.4, -0.2) is 5.25 Å². The first kappa shape index (κ1) is 9.66. The average molecular weight is 180 g/mol. The molecule has 0 radical (unpaired) electrons. The van der Waals surface area contributed by atoms with Crippen LogP contribution in [0.25, 0.3) is 0 Å². The summed E-state index contributed by atoms with van der Waals surface area (Å²) in [6, 6.07) is 6.44. The van der Waals surface area contributed by atoms with Crippen molar-refractivity contribution in [3.05, 3.63) is 34.9 Å². The van der Waals surface area contributed by atoms with Crippen LogP contribution >= 0.6 is 12.6 Å². The first-order chi connectivity index (χ1) is 5.61. The molecule has 0 spiro atoms. The lowest BCUT2D eigenvalue weighted by Gasteiger charge is -2.10. The van der Waals surface area contributed by atoms with Crippen molar-refractivity contribution in [3.63, 3.8) is 0 Å². The van der Waals surface area contributed by atoms with Crippen molar-refractivity contribution in [2.45, 2.75) is 32.4 Å². The minimum Gasteiger partial charge on any atom is -0.176 e. The van der Waals surface area contributed by atoms with Crippen LogP contribution in [0.15, 0.2) is 18.2 Å². The number of benzene rings is 1. The minimum atomic E-state index is 0.449. The first-order valence-corrected chi connectivity index (χ1v) is 4.86. The molecule has 0 saturated carbocycles. The van der Waals surface area contributed by atoms with Crippen LogP contribution in [0, 0.1) is 13.8 Å². The van der Waals surface area contributed by atoms with Crippen LogP contribution in [-0.2, 0) is 6.42 Å². The van der Waals surface area contributed by atoms with Crippen molar-refractivity contribution in [3.8, 4) is 0 Å². The van der Waals surface area contributed by atoms with E-state index < -0.39 is 0 Å². The molecule has 0 saturated heterocycles. The summed E-state index contributed by atoms with van der Waals surface area (Å²) in [5.41, 5.74) is 4.23. The van der Waals surface area contributed by atoms with E-state index in [2.05, 4.69) is 51.6 Å². The van der Waals surface area contributed by atoms with Gasteiger partial charge in [-0.2, -0.15) is 12.6 Å². The second kappa shape index (κ2) is 3.99. The van der Waals surface area contributed by atoms with Gasteiger partial charge in [0.05, 0.1) is 0 Å². The number of hydrogen-bond donors (Lipinski definition) is 1. The lowest BCUT2D eigenvalue weighted by Crippen LogP contribution is -2.01. The third kappa shape index (κ3) is 2.28. The third-order valence-electron chi connectivity index (χ3n) is 2.14. The molecule has 1 unspecified atom stereocenters. The van der Waals surface area contributed by atoms with E-state index in [9.17, 15) is 0 Å². The zero-order valence-electron chi connectivity index (χ0n) is 7.96. The van der Waals surface area contributed by atoms with E-state index in [1.165, 1.54) is 16.7 Å². The van der Waals surface area contributed by atoms with Gasteiger partial charge in [-0.15, -0.1) is 0 Å². The summed E-state index contributed by atoms with van der Waals surface area (Å²) in [6.07, 6.45) is 1.07. The fourth-order valence-electron chi connectivity index (χ4n) is 1.47. The van der Waals surface area contributed by atoms with Gasteiger partial charge in [-0.3, -0.25) is 0 Å². The normalized spacial score (nSPS) is 13.0. The Morgan fingerprint density at radius 1 is 1.25 bits per heavy atom. The summed E-state index contributed by atoms with van der Waals surface area (Å²) in [5.74, 6) is 0. The van der Waals surface area contributed by atoms with Crippen molar-refractivity contribution in [2.75, 3.05) is 0 Å². The lowest BCUT2D eigenvalue weighted by atomic mass is 9.99. The van der Waals surface area contributed by atoms with E-state index in [1.54, 1.807) is 0 Å². The van der Waals surface area contributed by atoms with Crippen LogP contribution in [0.5, 0.6) is 0 Å². The van der Waals surface area contributed by atoms with Gasteiger partial charge >= 0.3 is 0 Å². The van der Waals surface area contributed by atoms with Gasteiger partial charge in [-0.25, -0.2) is 0 Å². The molecule has 0 aliphatic rings. The molecule has 0 bridgehead atoms. The number of hydrogen-bond acceptors (Lipinski definition) is 1. The highest BCUT2D eigenvalue weighted by Crippen LogP contribution is 2.16. The Hall–Kier alpha value is -0.430. The predicted octanol–water partition coefficient (Wildman–Crippen LogP) is 3.16. The second-order valence-electron chi connectivity index (χ2n) is 3.42. The summed E-state index contributed by atoms with van der Waals surface area (Å²) in [7, 11) is 0. The lowest BCUT2D eigenvalue weighted by molar-refractivity contribution is 0.929. The molecule has 66 valence electrons. The average Bonchev–Trinajstić information content (AvgIpc) is 1.97. The minimum absolute atomic E-state index is 0.449. The van der Waals surface area contributed by atoms with Crippen LogP contribution in [0.1, 0.15) is 23.6 Å². The van der Waals surface area contributed by atoms with Crippen LogP contribution < -0.4 is 0 Å². The molecule has 0 fully saturated rings. The molecule has 0 aromatic heterocycles. The third-order valence-corrected chi connectivity index (χ3v) is 2.33. The van der Waals surface area contributed by atoms with Gasteiger partial charge in [0, 0.05) is 5.25 Å². The summed E-state index contributed by atoms with van der Waals surface area (Å²) in [4.78, 5) is 0. The van der Waals surface area contributed by atoms with Crippen LogP contribution in [0.2, 0.25) is 0 Å². The Bertz CT molecular complexity index is 243. The second-order valence-corrected chi connectivity index (χ2v) is 4.31. The molecule has 12 heavy (non-hydrogen) atoms. The number of thiol groups is 1. The Morgan fingerprint density at radius 3 is 2.17 bits per heavy atom. The molecule has 0 aliphatic carbocycles. The standard InChI is InChI=1S/C11H16S/c1-8-5-4-6-9(2)11(8)7-10(3)12/h4-6,10,12H,7H2,1-3H3. The van der Waals surface area contributed by atoms with Crippen molar-refractivity contribution in [1.82, 2.24) is 0 Å². The maximum absolute atomic E-state index is 4.40. The summed E-state index contributed by atoms with van der Waals surface area (Å²) >= 11 is 4.40. The van der Waals surface area contributed by atoms with Gasteiger partial charge in [0.25, 0.3) is 0 Å². The molecule has 1 atom stereocenters. The highest BCUT2D eigenvalue weighted by atomic mass is 32.1. The Labute approximate surface area is 80.4 Å². The van der Waals surface area contributed by atoms with Gasteiger partial charge in [-0.1, -0.05) is 25.1 Å². The highest BCUT2D eigenvalue weighted by molar-refractivity contribution is 7.80. The van der Waals surface area contributed by atoms with E-state index >= 15 is 0 Å². The van der Waals surface area contributed by atoms with Gasteiger partial charge in [0.1, 0.15) is 0 Å². The molecule has 1 aromatic rings. The van der Waals surface area contributed by atoms with Crippen LogP contribution in [0.4, 0.5) is 0 Å². The molecule has 1 heteroatoms. The zero-order valence-corrected chi connectivity index (χ0v) is 8.86. The van der Waals surface area contributed by atoms with E-state index in [4.69, 9.17) is 0 Å². The molecule has 1 aromatic carbocycles. The van der Waals surface area contributed by atoms with Gasteiger partial charge in [0.15, 0.2) is 0 Å². The monoisotopic (exact) mass is 180 g/mol. The predicted molar refractivity (Wildman–Crippen MR) is 58.1 cm³/mol. The van der Waals surface area contributed by atoms with Gasteiger partial charge in [-0.05, 0) is 37.0 Å². The Morgan fingerprint density at radius 2 is 1.75 bits per heavy atom. The Kier molecular flexibility index (Phi) is 3.21. The fourth-order valence-corrected chi connectivity index (χ4v) is 1.65. The summed E-state index contributed by atoms with van der Waals surface area (Å²) < 4.78 is 0. The Balaban J connectivity index is 2.96. The smallest absolute Gasteiger partial charge is 0.00290 e. The molecule has 0 amide bonds. The van der Waals surface area contributed by atoms with Crippen molar-refractivity contribution < 1.29 is 0 Å². The van der Waals surface area contributed by atoms with Gasteiger partial charge < -0.3 is 0 Å². The van der Waals surface area contributed by atoms with Crippen molar-refractivity contribution in [2.24, 2.45) is 0 Å². The van der Waals surface area contributed by atoms with Crippen molar-refractivity contribution in [1.29, 1.82) is 0 Å². The number of aryl methyl sites for hydroxylation is 2. The van der Waals surface area contributed by atoms with E-state index in [0.29, 0.717) is 5.25 Å². The fraction of sp³-hybridized carbons (Fsp3) is 0.455. The zero-order chi connectivity index (χ0) is 9.14. The van der Waals surface area contributed by atoms with E-state index in [1.807, 2.05) is 0 Å². The largest absolute Gasteiger partial charge is 0.176 e. The van der Waals surface area contributed by atoms with Crippen LogP contribution in [0.3, 0.4) is 0 Å². The topological polar surface area (TPSA) is 0 Å². The SMILES string of the molecule is Cc1cccc(C)c1CC(C)S. The molecule has 0 N–H and O–H groups in total. The molecular formula is C11H16S. The number of rotatable bonds is 2. The van der Waals surface area contributed by atoms with Gasteiger partial charge in [0.2, 0.25) is 0 Å².